The summed E-state index contributed by atoms with van der Waals surface area (Å²) in [6.45, 7) is 2.94. The number of halogens is 3. The van der Waals surface area contributed by atoms with Crippen molar-refractivity contribution < 1.29 is 28.8 Å². The van der Waals surface area contributed by atoms with Crippen LogP contribution in [0.5, 0.6) is 0 Å². The predicted octanol–water partition coefficient (Wildman–Crippen LogP) is 4.16. The van der Waals surface area contributed by atoms with Gasteiger partial charge < -0.3 is 15.5 Å². The Bertz CT molecular complexity index is 1120. The molecule has 2 aliphatic carbocycles. The summed E-state index contributed by atoms with van der Waals surface area (Å²) < 4.78 is 0.584. The predicted molar refractivity (Wildman–Crippen MR) is 128 cm³/mol. The lowest BCUT2D eigenvalue weighted by molar-refractivity contribution is -0.175. The molecule has 1 heterocycles. The van der Waals surface area contributed by atoms with E-state index in [0.717, 1.165) is 6.42 Å². The second-order valence-corrected chi connectivity index (χ2v) is 10.4. The zero-order valence-electron chi connectivity index (χ0n) is 17.4. The number of carbonyl (C=O) groups excluding carboxylic acids is 5. The molecule has 1 saturated carbocycles. The van der Waals surface area contributed by atoms with E-state index in [9.17, 15) is 24.0 Å². The molecule has 0 spiro atoms. The van der Waals surface area contributed by atoms with Crippen molar-refractivity contribution in [2.24, 2.45) is 23.7 Å². The van der Waals surface area contributed by atoms with E-state index in [1.54, 1.807) is 6.92 Å². The molecule has 4 unspecified atom stereocenters. The lowest BCUT2D eigenvalue weighted by Gasteiger charge is -2.21. The number of hydrogen-bond donors (Lipinski definition) is 2. The normalized spacial score (nSPS) is 24.8. The zero-order chi connectivity index (χ0) is 24.2. The van der Waals surface area contributed by atoms with Gasteiger partial charge in [0.2, 0.25) is 11.8 Å². The van der Waals surface area contributed by atoms with Crippen LogP contribution in [0.25, 0.3) is 0 Å². The number of nitrogens with zero attached hydrogens (tertiary/aromatic N) is 1. The van der Waals surface area contributed by atoms with E-state index in [0.29, 0.717) is 9.54 Å². The van der Waals surface area contributed by atoms with Crippen LogP contribution in [0.15, 0.2) is 25.6 Å². The Balaban J connectivity index is 1.70. The van der Waals surface area contributed by atoms with Gasteiger partial charge in [-0.05, 0) is 66.0 Å². The fourth-order valence-corrected chi connectivity index (χ4v) is 7.27. The summed E-state index contributed by atoms with van der Waals surface area (Å²) >= 11 is 9.96. The highest BCUT2D eigenvalue weighted by Gasteiger charge is 2.61. The van der Waals surface area contributed by atoms with Gasteiger partial charge in [-0.2, -0.15) is 0 Å². The highest BCUT2D eigenvalue weighted by molar-refractivity contribution is 9.12. The van der Waals surface area contributed by atoms with Crippen molar-refractivity contribution in [3.63, 3.8) is 0 Å². The average Bonchev–Trinajstić information content (AvgIpc) is 3.44. The molecule has 1 aromatic carbocycles. The first-order valence-corrected chi connectivity index (χ1v) is 12.5. The first-order chi connectivity index (χ1) is 15.6. The summed E-state index contributed by atoms with van der Waals surface area (Å²) in [4.78, 5) is 68.1. The third-order valence-corrected chi connectivity index (χ3v) is 8.39. The van der Waals surface area contributed by atoms with Crippen LogP contribution in [0.2, 0.25) is 0 Å². The van der Waals surface area contributed by atoms with Gasteiger partial charge in [0.15, 0.2) is 0 Å². The Morgan fingerprint density at radius 3 is 1.97 bits per heavy atom. The van der Waals surface area contributed by atoms with E-state index >= 15 is 0 Å². The number of carbonyl (C=O) groups is 5. The third kappa shape index (κ3) is 3.95. The van der Waals surface area contributed by atoms with E-state index in [1.165, 1.54) is 6.92 Å². The minimum atomic E-state index is -1.01. The standard InChI is InChI=1S/C21H18Br3N3O6/c1-3-10(29)26-18-15(23)13(14(22)17(16(18)24)25-7(2)28)21(32)33-27-19(30)11-8-4-5-9(6-8)12(11)20(27)31/h4-5,8-9,11-12H,3,6H2,1-2H3,(H,25,28)(H,26,29). The maximum atomic E-state index is 13.2. The maximum Gasteiger partial charge on any atom is 0.366 e. The number of benzene rings is 1. The molecule has 3 aliphatic rings. The molecule has 4 atom stereocenters. The Hall–Kier alpha value is -2.05. The monoisotopic (exact) mass is 645 g/mol. The van der Waals surface area contributed by atoms with E-state index < -0.39 is 35.5 Å². The van der Waals surface area contributed by atoms with Gasteiger partial charge in [-0.1, -0.05) is 19.1 Å². The molecule has 9 nitrogen and oxygen atoms in total. The summed E-state index contributed by atoms with van der Waals surface area (Å²) in [7, 11) is 0. The largest absolute Gasteiger partial charge is 0.366 e. The molecule has 174 valence electrons. The molecule has 1 saturated heterocycles. The Kier molecular flexibility index (Phi) is 6.53. The highest BCUT2D eigenvalue weighted by atomic mass is 79.9. The van der Waals surface area contributed by atoms with Gasteiger partial charge >= 0.3 is 5.97 Å². The number of anilines is 2. The second kappa shape index (κ2) is 8.95. The summed E-state index contributed by atoms with van der Waals surface area (Å²) in [6.07, 6.45) is 4.79. The Morgan fingerprint density at radius 1 is 0.970 bits per heavy atom. The number of imide groups is 1. The third-order valence-electron chi connectivity index (χ3n) is 6.01. The molecule has 2 bridgehead atoms. The molecule has 12 heteroatoms. The molecular formula is C21H18Br3N3O6. The van der Waals surface area contributed by atoms with Crippen molar-refractivity contribution in [1.29, 1.82) is 0 Å². The summed E-state index contributed by atoms with van der Waals surface area (Å²) in [5.41, 5.74) is 0.230. The molecule has 0 radical (unpaired) electrons. The van der Waals surface area contributed by atoms with Crippen LogP contribution in [-0.4, -0.2) is 34.7 Å². The van der Waals surface area contributed by atoms with Crippen molar-refractivity contribution in [3.05, 3.63) is 31.1 Å². The number of fused-ring (bicyclic) bond motifs is 5. The zero-order valence-corrected chi connectivity index (χ0v) is 22.2. The number of hydroxylamine groups is 2. The summed E-state index contributed by atoms with van der Waals surface area (Å²) in [5, 5.41) is 5.80. The highest BCUT2D eigenvalue weighted by Crippen LogP contribution is 2.53. The van der Waals surface area contributed by atoms with Crippen LogP contribution in [0, 0.1) is 23.7 Å². The molecular weight excluding hydrogens is 630 g/mol. The molecule has 33 heavy (non-hydrogen) atoms. The van der Waals surface area contributed by atoms with Crippen molar-refractivity contribution in [3.8, 4) is 0 Å². The first-order valence-electron chi connectivity index (χ1n) is 10.1. The smallest absolute Gasteiger partial charge is 0.325 e. The van der Waals surface area contributed by atoms with E-state index in [1.807, 2.05) is 12.2 Å². The van der Waals surface area contributed by atoms with Crippen LogP contribution < -0.4 is 10.6 Å². The first kappa shape index (κ1) is 24.1. The molecule has 2 N–H and O–H groups in total. The fraction of sp³-hybridized carbons (Fsp3) is 0.381. The fourth-order valence-electron chi connectivity index (χ4n) is 4.56. The summed E-state index contributed by atoms with van der Waals surface area (Å²) in [6, 6.07) is 0. The quantitative estimate of drug-likeness (QED) is 0.366. The summed E-state index contributed by atoms with van der Waals surface area (Å²) in [5.74, 6) is -3.97. The van der Waals surface area contributed by atoms with Crippen molar-refractivity contribution in [2.45, 2.75) is 26.7 Å². The average molecular weight is 648 g/mol. The van der Waals surface area contributed by atoms with E-state index in [-0.39, 0.29) is 50.0 Å². The number of allylic oxidation sites excluding steroid dienone is 2. The maximum absolute atomic E-state index is 13.2. The topological polar surface area (TPSA) is 122 Å². The van der Waals surface area contributed by atoms with Crippen molar-refractivity contribution >= 4 is 88.8 Å². The molecule has 2 fully saturated rings. The Morgan fingerprint density at radius 2 is 1.48 bits per heavy atom. The molecule has 4 rings (SSSR count). The number of rotatable bonds is 5. The van der Waals surface area contributed by atoms with E-state index in [2.05, 4.69) is 58.4 Å². The van der Waals surface area contributed by atoms with Gasteiger partial charge in [0.25, 0.3) is 11.8 Å². The van der Waals surface area contributed by atoms with Gasteiger partial charge in [-0.25, -0.2) is 4.79 Å². The minimum Gasteiger partial charge on any atom is -0.325 e. The van der Waals surface area contributed by atoms with Crippen LogP contribution >= 0.6 is 47.8 Å². The number of hydrogen-bond acceptors (Lipinski definition) is 6. The van der Waals surface area contributed by atoms with Gasteiger partial charge in [0.1, 0.15) is 0 Å². The van der Waals surface area contributed by atoms with Gasteiger partial charge in [0, 0.05) is 13.3 Å². The van der Waals surface area contributed by atoms with Crippen LogP contribution in [0.4, 0.5) is 11.4 Å². The van der Waals surface area contributed by atoms with E-state index in [4.69, 9.17) is 4.84 Å². The van der Waals surface area contributed by atoms with Crippen LogP contribution in [0.1, 0.15) is 37.0 Å². The van der Waals surface area contributed by atoms with Crippen LogP contribution in [-0.2, 0) is 24.0 Å². The van der Waals surface area contributed by atoms with Gasteiger partial charge in [-0.3, -0.25) is 19.2 Å². The lowest BCUT2D eigenvalue weighted by atomic mass is 9.85. The second-order valence-electron chi connectivity index (χ2n) is 8.00. The SMILES string of the molecule is CCC(=O)Nc1c(Br)c(NC(C)=O)c(Br)c(C(=O)ON2C(=O)C3C4C=CC(C4)C3C2=O)c1Br. The van der Waals surface area contributed by atoms with Crippen molar-refractivity contribution in [2.75, 3.05) is 10.6 Å². The number of nitrogens with one attached hydrogen (secondary N) is 2. The van der Waals surface area contributed by atoms with Crippen LogP contribution in [0.3, 0.4) is 0 Å². The van der Waals surface area contributed by atoms with Gasteiger partial charge in [0.05, 0.1) is 42.2 Å². The van der Waals surface area contributed by atoms with Gasteiger partial charge in [-0.15, -0.1) is 5.06 Å². The minimum absolute atomic E-state index is 0.0338. The molecule has 4 amide bonds. The lowest BCUT2D eigenvalue weighted by Crippen LogP contribution is -2.35. The molecule has 1 aliphatic heterocycles. The van der Waals surface area contributed by atoms with Crippen molar-refractivity contribution in [1.82, 2.24) is 5.06 Å². The number of amides is 4. The Labute approximate surface area is 214 Å². The molecule has 0 aromatic heterocycles. The molecule has 1 aromatic rings.